The quantitative estimate of drug-likeness (QED) is 0.429. The number of furan rings is 1. The number of aromatic nitrogens is 2. The van der Waals surface area contributed by atoms with E-state index < -0.39 is 5.97 Å². The van der Waals surface area contributed by atoms with Gasteiger partial charge in [0.2, 0.25) is 5.76 Å². The Balaban J connectivity index is 1.32. The van der Waals surface area contributed by atoms with E-state index in [9.17, 15) is 14.4 Å². The highest BCUT2D eigenvalue weighted by atomic mass is 79.9. The molecule has 2 amide bonds. The molecule has 3 heterocycles. The van der Waals surface area contributed by atoms with Gasteiger partial charge in [-0.05, 0) is 40.2 Å². The van der Waals surface area contributed by atoms with E-state index in [0.29, 0.717) is 23.4 Å². The maximum absolute atomic E-state index is 12.3. The van der Waals surface area contributed by atoms with Crippen molar-refractivity contribution in [2.75, 3.05) is 13.2 Å². The first kappa shape index (κ1) is 18.2. The summed E-state index contributed by atoms with van der Waals surface area (Å²) in [5.74, 6) is -0.847. The van der Waals surface area contributed by atoms with Crippen LogP contribution in [-0.4, -0.2) is 45.6 Å². The zero-order chi connectivity index (χ0) is 19.7. The lowest BCUT2D eigenvalue weighted by Crippen LogP contribution is -2.33. The van der Waals surface area contributed by atoms with Gasteiger partial charge in [0, 0.05) is 6.20 Å². The van der Waals surface area contributed by atoms with Gasteiger partial charge < -0.3 is 9.15 Å². The van der Waals surface area contributed by atoms with Crippen molar-refractivity contribution >= 4 is 33.7 Å². The van der Waals surface area contributed by atoms with Crippen molar-refractivity contribution in [1.29, 1.82) is 0 Å². The predicted octanol–water partition coefficient (Wildman–Crippen LogP) is 2.74. The Labute approximate surface area is 167 Å². The third-order valence-corrected chi connectivity index (χ3v) is 4.62. The number of hydrogen-bond acceptors (Lipinski definition) is 6. The number of fused-ring (bicyclic) bond motifs is 1. The molecule has 8 nitrogen and oxygen atoms in total. The van der Waals surface area contributed by atoms with Gasteiger partial charge in [0.25, 0.3) is 11.8 Å². The number of nitrogens with zero attached hydrogens (tertiary/aromatic N) is 3. The highest BCUT2D eigenvalue weighted by Crippen LogP contribution is 2.22. The van der Waals surface area contributed by atoms with Gasteiger partial charge >= 0.3 is 5.97 Å². The van der Waals surface area contributed by atoms with Gasteiger partial charge in [-0.2, -0.15) is 5.10 Å². The Hall–Kier alpha value is -3.20. The van der Waals surface area contributed by atoms with Crippen LogP contribution in [0.5, 0.6) is 0 Å². The van der Waals surface area contributed by atoms with E-state index in [1.807, 2.05) is 0 Å². The van der Waals surface area contributed by atoms with Crippen molar-refractivity contribution in [3.63, 3.8) is 0 Å². The minimum atomic E-state index is -0.662. The van der Waals surface area contributed by atoms with Gasteiger partial charge in [0.05, 0.1) is 34.9 Å². The van der Waals surface area contributed by atoms with Crippen LogP contribution in [0.25, 0.3) is 0 Å². The summed E-state index contributed by atoms with van der Waals surface area (Å²) in [6.07, 6.45) is 3.43. The summed E-state index contributed by atoms with van der Waals surface area (Å²) >= 11 is 3.31. The topological polar surface area (TPSA) is 94.6 Å². The van der Waals surface area contributed by atoms with Crippen LogP contribution in [0.3, 0.4) is 0 Å². The second-order valence-corrected chi connectivity index (χ2v) is 6.98. The molecule has 0 atom stereocenters. The lowest BCUT2D eigenvalue weighted by Gasteiger charge is -2.13. The smallest absolute Gasteiger partial charge is 0.374 e. The minimum Gasteiger partial charge on any atom is -0.458 e. The number of rotatable bonds is 6. The Kier molecular flexibility index (Phi) is 4.82. The Morgan fingerprint density at radius 2 is 1.82 bits per heavy atom. The summed E-state index contributed by atoms with van der Waals surface area (Å²) in [7, 11) is 0. The fourth-order valence-electron chi connectivity index (χ4n) is 2.90. The van der Waals surface area contributed by atoms with Crippen LogP contribution in [0.4, 0.5) is 0 Å². The van der Waals surface area contributed by atoms with Crippen LogP contribution in [0.15, 0.2) is 57.7 Å². The molecule has 0 saturated carbocycles. The van der Waals surface area contributed by atoms with Crippen molar-refractivity contribution in [2.45, 2.75) is 6.54 Å². The van der Waals surface area contributed by atoms with Crippen LogP contribution in [0, 0.1) is 0 Å². The standard InChI is InChI=1S/C19H14BrN3O5/c20-12-9-21-22(10-12)11-13-5-6-16(28-13)19(26)27-8-7-23-17(24)14-3-1-2-4-15(14)18(23)25/h1-6,9-10H,7-8,11H2. The third-order valence-electron chi connectivity index (χ3n) is 4.21. The fraction of sp³-hybridized carbons (Fsp3) is 0.158. The van der Waals surface area contributed by atoms with Crippen molar-refractivity contribution in [3.05, 3.63) is 75.9 Å². The van der Waals surface area contributed by atoms with Gasteiger partial charge in [-0.25, -0.2) is 4.79 Å². The number of amides is 2. The minimum absolute atomic E-state index is 0.0209. The largest absolute Gasteiger partial charge is 0.458 e. The number of ether oxygens (including phenoxy) is 1. The second-order valence-electron chi connectivity index (χ2n) is 6.07. The van der Waals surface area contributed by atoms with E-state index in [1.165, 1.54) is 6.07 Å². The van der Waals surface area contributed by atoms with Crippen molar-refractivity contribution in [1.82, 2.24) is 14.7 Å². The maximum Gasteiger partial charge on any atom is 0.374 e. The molecule has 1 aliphatic rings. The van der Waals surface area contributed by atoms with E-state index >= 15 is 0 Å². The first-order chi connectivity index (χ1) is 13.5. The summed E-state index contributed by atoms with van der Waals surface area (Å²) in [6.45, 7) is 0.229. The molecule has 0 aliphatic carbocycles. The molecule has 0 bridgehead atoms. The number of carbonyl (C=O) groups excluding carboxylic acids is 3. The molecule has 1 aliphatic heterocycles. The molecule has 0 radical (unpaired) electrons. The molecule has 0 saturated heterocycles. The molecule has 1 aromatic carbocycles. The molecule has 3 aromatic rings. The van der Waals surface area contributed by atoms with Gasteiger partial charge in [-0.1, -0.05) is 12.1 Å². The van der Waals surface area contributed by atoms with E-state index in [1.54, 1.807) is 47.4 Å². The van der Waals surface area contributed by atoms with Gasteiger partial charge in [-0.3, -0.25) is 19.2 Å². The summed E-state index contributed by atoms with van der Waals surface area (Å²) in [6, 6.07) is 9.77. The zero-order valence-corrected chi connectivity index (χ0v) is 16.1. The highest BCUT2D eigenvalue weighted by molar-refractivity contribution is 9.10. The Bertz CT molecular complexity index is 1040. The number of esters is 1. The molecule has 28 heavy (non-hydrogen) atoms. The molecule has 0 fully saturated rings. The predicted molar refractivity (Wildman–Crippen MR) is 99.8 cm³/mol. The monoisotopic (exact) mass is 443 g/mol. The number of benzene rings is 1. The lowest BCUT2D eigenvalue weighted by atomic mass is 10.1. The Morgan fingerprint density at radius 3 is 2.46 bits per heavy atom. The second kappa shape index (κ2) is 7.43. The van der Waals surface area contributed by atoms with E-state index in [4.69, 9.17) is 9.15 Å². The maximum atomic E-state index is 12.3. The van der Waals surface area contributed by atoms with E-state index in [0.717, 1.165) is 9.37 Å². The summed E-state index contributed by atoms with van der Waals surface area (Å²) in [5, 5.41) is 4.11. The average Bonchev–Trinajstić information content (AvgIpc) is 3.38. The van der Waals surface area contributed by atoms with Gasteiger partial charge in [0.1, 0.15) is 12.4 Å². The first-order valence-corrected chi connectivity index (χ1v) is 9.21. The molecular formula is C19H14BrN3O5. The van der Waals surface area contributed by atoms with Crippen molar-refractivity contribution in [3.8, 4) is 0 Å². The van der Waals surface area contributed by atoms with Crippen LogP contribution in [0.2, 0.25) is 0 Å². The van der Waals surface area contributed by atoms with Crippen LogP contribution < -0.4 is 0 Å². The first-order valence-electron chi connectivity index (χ1n) is 8.42. The molecule has 4 rings (SSSR count). The number of carbonyl (C=O) groups is 3. The van der Waals surface area contributed by atoms with E-state index in [-0.39, 0.29) is 30.7 Å². The molecule has 2 aromatic heterocycles. The molecule has 0 unspecified atom stereocenters. The van der Waals surface area contributed by atoms with Crippen molar-refractivity contribution in [2.24, 2.45) is 0 Å². The zero-order valence-electron chi connectivity index (χ0n) is 14.5. The van der Waals surface area contributed by atoms with Crippen molar-refractivity contribution < 1.29 is 23.5 Å². The number of imide groups is 1. The van der Waals surface area contributed by atoms with Gasteiger partial charge in [0.15, 0.2) is 0 Å². The van der Waals surface area contributed by atoms with Crippen LogP contribution >= 0.6 is 15.9 Å². The lowest BCUT2D eigenvalue weighted by molar-refractivity contribution is 0.0392. The number of halogens is 1. The third kappa shape index (κ3) is 3.48. The van der Waals surface area contributed by atoms with E-state index in [2.05, 4.69) is 21.0 Å². The molecule has 142 valence electrons. The SMILES string of the molecule is O=C(OCCN1C(=O)c2ccccc2C1=O)c1ccc(Cn2cc(Br)cn2)o1. The fourth-order valence-corrected chi connectivity index (χ4v) is 3.23. The summed E-state index contributed by atoms with van der Waals surface area (Å²) in [4.78, 5) is 37.7. The number of hydrogen-bond donors (Lipinski definition) is 0. The Morgan fingerprint density at radius 1 is 1.11 bits per heavy atom. The normalized spacial score (nSPS) is 13.1. The van der Waals surface area contributed by atoms with Crippen LogP contribution in [-0.2, 0) is 11.3 Å². The molecule has 9 heteroatoms. The molecular weight excluding hydrogens is 430 g/mol. The summed E-state index contributed by atoms with van der Waals surface area (Å²) in [5.41, 5.74) is 0.722. The van der Waals surface area contributed by atoms with Crippen LogP contribution in [0.1, 0.15) is 37.0 Å². The van der Waals surface area contributed by atoms with Gasteiger partial charge in [-0.15, -0.1) is 0 Å². The summed E-state index contributed by atoms with van der Waals surface area (Å²) < 4.78 is 13.1. The molecule has 0 N–H and O–H groups in total. The highest BCUT2D eigenvalue weighted by Gasteiger charge is 2.34. The molecule has 0 spiro atoms. The average molecular weight is 444 g/mol.